The SMILES string of the molecule is Cc1ccc(-c2n[nH]c(=O)n2/N=C/c2ccc([N+](=O)[O-])cc2)cc1. The maximum atomic E-state index is 11.9. The lowest BCUT2D eigenvalue weighted by molar-refractivity contribution is -0.384. The summed E-state index contributed by atoms with van der Waals surface area (Å²) in [6, 6.07) is 13.4. The van der Waals surface area contributed by atoms with Crippen molar-refractivity contribution in [3.05, 3.63) is 80.3 Å². The average molecular weight is 323 g/mol. The van der Waals surface area contributed by atoms with E-state index in [-0.39, 0.29) is 5.69 Å². The summed E-state index contributed by atoms with van der Waals surface area (Å²) in [5, 5.41) is 21.1. The number of hydrogen-bond donors (Lipinski definition) is 1. The van der Waals surface area contributed by atoms with Crippen molar-refractivity contribution in [3.8, 4) is 11.4 Å². The van der Waals surface area contributed by atoms with Crippen LogP contribution in [0, 0.1) is 17.0 Å². The number of hydrogen-bond acceptors (Lipinski definition) is 5. The molecule has 0 saturated heterocycles. The van der Waals surface area contributed by atoms with E-state index in [9.17, 15) is 14.9 Å². The highest BCUT2D eigenvalue weighted by Crippen LogP contribution is 2.16. The fourth-order valence-electron chi connectivity index (χ4n) is 2.09. The van der Waals surface area contributed by atoms with Gasteiger partial charge in [-0.05, 0) is 24.6 Å². The minimum Gasteiger partial charge on any atom is -0.258 e. The second kappa shape index (κ2) is 6.29. The van der Waals surface area contributed by atoms with Crippen molar-refractivity contribution in [1.82, 2.24) is 14.9 Å². The summed E-state index contributed by atoms with van der Waals surface area (Å²) in [6.07, 6.45) is 1.44. The summed E-state index contributed by atoms with van der Waals surface area (Å²) in [4.78, 5) is 22.1. The zero-order valence-corrected chi connectivity index (χ0v) is 12.7. The molecule has 24 heavy (non-hydrogen) atoms. The van der Waals surface area contributed by atoms with Crippen LogP contribution in [0.3, 0.4) is 0 Å². The monoisotopic (exact) mass is 323 g/mol. The third-order valence-electron chi connectivity index (χ3n) is 3.39. The zero-order valence-electron chi connectivity index (χ0n) is 12.7. The minimum atomic E-state index is -0.475. The highest BCUT2D eigenvalue weighted by molar-refractivity contribution is 5.80. The molecule has 0 amide bonds. The maximum Gasteiger partial charge on any atom is 0.364 e. The topological polar surface area (TPSA) is 106 Å². The Hall–Kier alpha value is -3.55. The van der Waals surface area contributed by atoms with E-state index < -0.39 is 10.6 Å². The lowest BCUT2D eigenvalue weighted by atomic mass is 10.1. The van der Waals surface area contributed by atoms with Crippen molar-refractivity contribution in [1.29, 1.82) is 0 Å². The number of nitrogens with one attached hydrogen (secondary N) is 1. The first-order valence-electron chi connectivity index (χ1n) is 7.08. The second-order valence-electron chi connectivity index (χ2n) is 5.12. The highest BCUT2D eigenvalue weighted by Gasteiger charge is 2.09. The number of aryl methyl sites for hydroxylation is 1. The molecule has 0 bridgehead atoms. The lowest BCUT2D eigenvalue weighted by Gasteiger charge is -2.00. The number of benzene rings is 2. The Morgan fingerprint density at radius 3 is 2.46 bits per heavy atom. The Balaban J connectivity index is 1.92. The van der Waals surface area contributed by atoms with Crippen LogP contribution in [0.2, 0.25) is 0 Å². The molecule has 2 aromatic carbocycles. The number of nitrogens with zero attached hydrogens (tertiary/aromatic N) is 4. The molecule has 8 nitrogen and oxygen atoms in total. The van der Waals surface area contributed by atoms with Crippen molar-refractivity contribution in [2.45, 2.75) is 6.92 Å². The van der Waals surface area contributed by atoms with Gasteiger partial charge in [0.15, 0.2) is 5.82 Å². The molecule has 0 aliphatic heterocycles. The summed E-state index contributed by atoms with van der Waals surface area (Å²) in [6.45, 7) is 1.97. The van der Waals surface area contributed by atoms with Crippen LogP contribution in [0.1, 0.15) is 11.1 Å². The van der Waals surface area contributed by atoms with Gasteiger partial charge in [0.05, 0.1) is 11.1 Å². The summed E-state index contributed by atoms with van der Waals surface area (Å²) < 4.78 is 1.14. The molecule has 8 heteroatoms. The number of nitro benzene ring substituents is 1. The zero-order chi connectivity index (χ0) is 17.1. The molecular formula is C16H13N5O3. The molecular weight excluding hydrogens is 310 g/mol. The summed E-state index contributed by atoms with van der Waals surface area (Å²) >= 11 is 0. The number of rotatable bonds is 4. The molecule has 0 radical (unpaired) electrons. The molecule has 0 aliphatic carbocycles. The average Bonchev–Trinajstić information content (AvgIpc) is 2.95. The fraction of sp³-hybridized carbons (Fsp3) is 0.0625. The Labute approximate surface area is 136 Å². The minimum absolute atomic E-state index is 0.00651. The van der Waals surface area contributed by atoms with E-state index in [1.165, 1.54) is 18.3 Å². The van der Waals surface area contributed by atoms with E-state index in [0.29, 0.717) is 11.4 Å². The van der Waals surface area contributed by atoms with Crippen LogP contribution < -0.4 is 5.69 Å². The molecule has 120 valence electrons. The van der Waals surface area contributed by atoms with Crippen molar-refractivity contribution in [2.75, 3.05) is 0 Å². The third kappa shape index (κ3) is 3.12. The highest BCUT2D eigenvalue weighted by atomic mass is 16.6. The molecule has 1 N–H and O–H groups in total. The normalized spacial score (nSPS) is 11.0. The third-order valence-corrected chi connectivity index (χ3v) is 3.39. The Kier molecular flexibility index (Phi) is 4.02. The van der Waals surface area contributed by atoms with E-state index >= 15 is 0 Å². The Morgan fingerprint density at radius 2 is 1.83 bits per heavy atom. The molecule has 1 aromatic heterocycles. The standard InChI is InChI=1S/C16H13N5O3/c1-11-2-6-13(7-3-11)15-18-19-16(22)20(15)17-10-12-4-8-14(9-5-12)21(23)24/h2-10H,1H3,(H,19,22)/b17-10+. The quantitative estimate of drug-likeness (QED) is 0.452. The predicted octanol–water partition coefficient (Wildman–Crippen LogP) is 2.34. The first-order chi connectivity index (χ1) is 11.5. The van der Waals surface area contributed by atoms with Crippen LogP contribution in [0.15, 0.2) is 58.4 Å². The number of nitro groups is 1. The van der Waals surface area contributed by atoms with E-state index in [1.54, 1.807) is 12.1 Å². The van der Waals surface area contributed by atoms with Crippen molar-refractivity contribution in [2.24, 2.45) is 5.10 Å². The summed E-state index contributed by atoms with van der Waals surface area (Å²) in [5.41, 5.74) is 2.00. The molecule has 0 spiro atoms. The number of aromatic nitrogens is 3. The maximum absolute atomic E-state index is 11.9. The first-order valence-corrected chi connectivity index (χ1v) is 7.08. The number of aromatic amines is 1. The molecule has 0 fully saturated rings. The summed E-state index contributed by atoms with van der Waals surface area (Å²) in [5.74, 6) is 0.387. The number of H-pyrrole nitrogens is 1. The van der Waals surface area contributed by atoms with Crippen LogP contribution in [-0.2, 0) is 0 Å². The fourth-order valence-corrected chi connectivity index (χ4v) is 2.09. The number of non-ortho nitro benzene ring substituents is 1. The van der Waals surface area contributed by atoms with Crippen molar-refractivity contribution < 1.29 is 4.92 Å². The van der Waals surface area contributed by atoms with Crippen LogP contribution in [-0.4, -0.2) is 26.0 Å². The van der Waals surface area contributed by atoms with Gasteiger partial charge in [-0.2, -0.15) is 14.9 Å². The van der Waals surface area contributed by atoms with Crippen molar-refractivity contribution in [3.63, 3.8) is 0 Å². The van der Waals surface area contributed by atoms with Gasteiger partial charge < -0.3 is 0 Å². The van der Waals surface area contributed by atoms with Gasteiger partial charge in [0.2, 0.25) is 0 Å². The van der Waals surface area contributed by atoms with Gasteiger partial charge in [-0.3, -0.25) is 10.1 Å². The van der Waals surface area contributed by atoms with Crippen LogP contribution in [0.4, 0.5) is 5.69 Å². The summed E-state index contributed by atoms with van der Waals surface area (Å²) in [7, 11) is 0. The largest absolute Gasteiger partial charge is 0.364 e. The molecule has 0 saturated carbocycles. The molecule has 3 aromatic rings. The smallest absolute Gasteiger partial charge is 0.258 e. The van der Waals surface area contributed by atoms with Gasteiger partial charge in [-0.25, -0.2) is 9.89 Å². The Bertz CT molecular complexity index is 953. The molecule has 0 aliphatic rings. The van der Waals surface area contributed by atoms with E-state index in [0.717, 1.165) is 15.8 Å². The van der Waals surface area contributed by atoms with Crippen LogP contribution >= 0.6 is 0 Å². The van der Waals surface area contributed by atoms with Gasteiger partial charge in [0.25, 0.3) is 5.69 Å². The lowest BCUT2D eigenvalue weighted by Crippen LogP contribution is -2.13. The van der Waals surface area contributed by atoms with Gasteiger partial charge in [0.1, 0.15) is 0 Å². The second-order valence-corrected chi connectivity index (χ2v) is 5.12. The Morgan fingerprint density at radius 1 is 1.17 bits per heavy atom. The molecule has 0 unspecified atom stereocenters. The van der Waals surface area contributed by atoms with E-state index in [4.69, 9.17) is 0 Å². The van der Waals surface area contributed by atoms with Gasteiger partial charge in [-0.1, -0.05) is 29.8 Å². The first kappa shape index (κ1) is 15.3. The molecule has 0 atom stereocenters. The van der Waals surface area contributed by atoms with E-state index in [2.05, 4.69) is 15.3 Å². The van der Waals surface area contributed by atoms with Crippen LogP contribution in [0.25, 0.3) is 11.4 Å². The van der Waals surface area contributed by atoms with Gasteiger partial charge in [0, 0.05) is 17.7 Å². The predicted molar refractivity (Wildman–Crippen MR) is 89.1 cm³/mol. The van der Waals surface area contributed by atoms with Crippen LogP contribution in [0.5, 0.6) is 0 Å². The van der Waals surface area contributed by atoms with E-state index in [1.807, 2.05) is 31.2 Å². The van der Waals surface area contributed by atoms with Gasteiger partial charge in [-0.15, -0.1) is 0 Å². The molecule has 1 heterocycles. The molecule has 3 rings (SSSR count). The van der Waals surface area contributed by atoms with Crippen molar-refractivity contribution >= 4 is 11.9 Å². The van der Waals surface area contributed by atoms with Gasteiger partial charge >= 0.3 is 5.69 Å².